The quantitative estimate of drug-likeness (QED) is 0.899. The maximum absolute atomic E-state index is 11.5. The van der Waals surface area contributed by atoms with Crippen LogP contribution < -0.4 is 5.32 Å². The maximum atomic E-state index is 11.5. The van der Waals surface area contributed by atoms with Crippen molar-refractivity contribution >= 4 is 23.7 Å². The minimum Gasteiger partial charge on any atom is -0.444 e. The lowest BCUT2D eigenvalue weighted by molar-refractivity contribution is 0.0635. The van der Waals surface area contributed by atoms with Gasteiger partial charge < -0.3 is 4.74 Å². The molecule has 0 unspecified atom stereocenters. The molecular formula is C12H18N2O2S. The van der Waals surface area contributed by atoms with Crippen molar-refractivity contribution < 1.29 is 9.53 Å². The third-order valence-electron chi connectivity index (χ3n) is 1.76. The minimum atomic E-state index is -0.499. The third kappa shape index (κ3) is 5.58. The zero-order chi connectivity index (χ0) is 12.9. The number of amides is 1. The lowest BCUT2D eigenvalue weighted by Crippen LogP contribution is -2.27. The van der Waals surface area contributed by atoms with Crippen molar-refractivity contribution in [2.45, 2.75) is 32.1 Å². The fourth-order valence-corrected chi connectivity index (χ4v) is 1.72. The van der Waals surface area contributed by atoms with Crippen LogP contribution in [0.25, 0.3) is 0 Å². The summed E-state index contributed by atoms with van der Waals surface area (Å²) in [5.74, 6) is 1.41. The molecule has 1 heterocycles. The van der Waals surface area contributed by atoms with Crippen LogP contribution in [0.1, 0.15) is 26.3 Å². The van der Waals surface area contributed by atoms with Crippen molar-refractivity contribution in [3.63, 3.8) is 0 Å². The molecule has 4 nitrogen and oxygen atoms in total. The molecule has 0 saturated carbocycles. The Morgan fingerprint density at radius 2 is 2.24 bits per heavy atom. The molecular weight excluding hydrogens is 236 g/mol. The molecule has 1 amide bonds. The van der Waals surface area contributed by atoms with Gasteiger partial charge in [-0.2, -0.15) is 11.8 Å². The average molecular weight is 254 g/mol. The second-order valence-corrected chi connectivity index (χ2v) is 5.48. The molecule has 5 heteroatoms. The number of nitrogens with zero attached hydrogens (tertiary/aromatic N) is 1. The molecule has 0 aliphatic heterocycles. The molecule has 0 saturated heterocycles. The number of ether oxygens (including phenoxy) is 1. The molecule has 0 radical (unpaired) electrons. The molecule has 0 atom stereocenters. The summed E-state index contributed by atoms with van der Waals surface area (Å²) in [4.78, 5) is 15.6. The van der Waals surface area contributed by atoms with Crippen LogP contribution in [0.4, 0.5) is 10.6 Å². The van der Waals surface area contributed by atoms with E-state index in [0.29, 0.717) is 5.82 Å². The predicted octanol–water partition coefficient (Wildman–Crippen LogP) is 3.29. The molecule has 0 fully saturated rings. The van der Waals surface area contributed by atoms with E-state index in [1.165, 1.54) is 0 Å². The van der Waals surface area contributed by atoms with Crippen LogP contribution >= 0.6 is 11.8 Å². The molecule has 1 N–H and O–H groups in total. The first-order chi connectivity index (χ1) is 7.90. The van der Waals surface area contributed by atoms with E-state index in [-0.39, 0.29) is 0 Å². The highest BCUT2D eigenvalue weighted by atomic mass is 32.2. The van der Waals surface area contributed by atoms with Crippen molar-refractivity contribution in [3.05, 3.63) is 23.9 Å². The SMILES string of the molecule is CSCc1ccnc(NC(=O)OC(C)(C)C)c1. The van der Waals surface area contributed by atoms with Gasteiger partial charge in [0.1, 0.15) is 11.4 Å². The van der Waals surface area contributed by atoms with Crippen molar-refractivity contribution in [2.24, 2.45) is 0 Å². The molecule has 0 bridgehead atoms. The van der Waals surface area contributed by atoms with Gasteiger partial charge in [-0.3, -0.25) is 5.32 Å². The third-order valence-corrected chi connectivity index (χ3v) is 2.39. The molecule has 0 aliphatic carbocycles. The summed E-state index contributed by atoms with van der Waals surface area (Å²) in [5.41, 5.74) is 0.625. The van der Waals surface area contributed by atoms with E-state index in [4.69, 9.17) is 4.74 Å². The minimum absolute atomic E-state index is 0.480. The second kappa shape index (κ2) is 5.91. The van der Waals surface area contributed by atoms with Gasteiger partial charge in [0, 0.05) is 11.9 Å². The van der Waals surface area contributed by atoms with E-state index >= 15 is 0 Å². The summed E-state index contributed by atoms with van der Waals surface area (Å²) >= 11 is 1.72. The van der Waals surface area contributed by atoms with E-state index in [0.717, 1.165) is 11.3 Å². The van der Waals surface area contributed by atoms with Crippen molar-refractivity contribution in [1.82, 2.24) is 4.98 Å². The Kier molecular flexibility index (Phi) is 4.81. The first kappa shape index (κ1) is 13.8. The number of thioether (sulfide) groups is 1. The molecule has 1 aromatic rings. The maximum Gasteiger partial charge on any atom is 0.413 e. The Morgan fingerprint density at radius 1 is 1.53 bits per heavy atom. The summed E-state index contributed by atoms with van der Waals surface area (Å²) in [6.07, 6.45) is 3.23. The number of rotatable bonds is 3. The highest BCUT2D eigenvalue weighted by Gasteiger charge is 2.16. The zero-order valence-electron chi connectivity index (χ0n) is 10.6. The second-order valence-electron chi connectivity index (χ2n) is 4.61. The molecule has 1 rings (SSSR count). The number of hydrogen-bond donors (Lipinski definition) is 1. The first-order valence-corrected chi connectivity index (χ1v) is 6.74. The molecule has 94 valence electrons. The summed E-state index contributed by atoms with van der Waals surface area (Å²) < 4.78 is 5.15. The number of carbonyl (C=O) groups is 1. The van der Waals surface area contributed by atoms with Gasteiger partial charge in [0.15, 0.2) is 0 Å². The Bertz CT molecular complexity index is 388. The van der Waals surface area contributed by atoms with E-state index < -0.39 is 11.7 Å². The van der Waals surface area contributed by atoms with Crippen molar-refractivity contribution in [3.8, 4) is 0 Å². The van der Waals surface area contributed by atoms with E-state index in [9.17, 15) is 4.79 Å². The lowest BCUT2D eigenvalue weighted by atomic mass is 10.2. The van der Waals surface area contributed by atoms with Crippen LogP contribution in [-0.2, 0) is 10.5 Å². The molecule has 1 aromatic heterocycles. The van der Waals surface area contributed by atoms with Crippen LogP contribution in [0.3, 0.4) is 0 Å². The lowest BCUT2D eigenvalue weighted by Gasteiger charge is -2.19. The Labute approximate surface area is 106 Å². The fraction of sp³-hybridized carbons (Fsp3) is 0.500. The highest BCUT2D eigenvalue weighted by Crippen LogP contribution is 2.14. The van der Waals surface area contributed by atoms with Gasteiger partial charge in [-0.25, -0.2) is 9.78 Å². The Balaban J connectivity index is 2.62. The zero-order valence-corrected chi connectivity index (χ0v) is 11.4. The Hall–Kier alpha value is -1.23. The van der Waals surface area contributed by atoms with Crippen LogP contribution in [0.5, 0.6) is 0 Å². The summed E-state index contributed by atoms with van der Waals surface area (Å²) in [6.45, 7) is 5.47. The van der Waals surface area contributed by atoms with Gasteiger partial charge in [0.25, 0.3) is 0 Å². The monoisotopic (exact) mass is 254 g/mol. The summed E-state index contributed by atoms with van der Waals surface area (Å²) in [7, 11) is 0. The summed E-state index contributed by atoms with van der Waals surface area (Å²) in [6, 6.07) is 3.77. The average Bonchev–Trinajstić information content (AvgIpc) is 2.15. The van der Waals surface area contributed by atoms with Gasteiger partial charge in [-0.15, -0.1) is 0 Å². The largest absolute Gasteiger partial charge is 0.444 e. The summed E-state index contributed by atoms with van der Waals surface area (Å²) in [5, 5.41) is 2.62. The van der Waals surface area contributed by atoms with E-state index in [1.807, 2.05) is 39.2 Å². The van der Waals surface area contributed by atoms with Crippen LogP contribution in [0.15, 0.2) is 18.3 Å². The standard InChI is InChI=1S/C12H18N2O2S/c1-12(2,3)16-11(15)14-10-7-9(8-17-4)5-6-13-10/h5-7H,8H2,1-4H3,(H,13,14,15). The normalized spacial score (nSPS) is 11.1. The van der Waals surface area contributed by atoms with Gasteiger partial charge in [0.05, 0.1) is 0 Å². The van der Waals surface area contributed by atoms with Crippen molar-refractivity contribution in [1.29, 1.82) is 0 Å². The molecule has 0 aliphatic rings. The first-order valence-electron chi connectivity index (χ1n) is 5.34. The van der Waals surface area contributed by atoms with E-state index in [2.05, 4.69) is 10.3 Å². The number of carbonyl (C=O) groups excluding carboxylic acids is 1. The van der Waals surface area contributed by atoms with Gasteiger partial charge >= 0.3 is 6.09 Å². The number of anilines is 1. The van der Waals surface area contributed by atoms with Crippen LogP contribution in [-0.4, -0.2) is 22.9 Å². The molecule has 0 spiro atoms. The number of nitrogens with one attached hydrogen (secondary N) is 1. The van der Waals surface area contributed by atoms with E-state index in [1.54, 1.807) is 18.0 Å². The highest BCUT2D eigenvalue weighted by molar-refractivity contribution is 7.97. The van der Waals surface area contributed by atoms with Gasteiger partial charge in [0.2, 0.25) is 0 Å². The van der Waals surface area contributed by atoms with Crippen molar-refractivity contribution in [2.75, 3.05) is 11.6 Å². The molecule has 17 heavy (non-hydrogen) atoms. The van der Waals surface area contributed by atoms with Crippen LogP contribution in [0, 0.1) is 0 Å². The Morgan fingerprint density at radius 3 is 2.82 bits per heavy atom. The fourth-order valence-electron chi connectivity index (χ4n) is 1.21. The number of aromatic nitrogens is 1. The van der Waals surface area contributed by atoms with Crippen LogP contribution in [0.2, 0.25) is 0 Å². The smallest absolute Gasteiger partial charge is 0.413 e. The molecule has 0 aromatic carbocycles. The predicted molar refractivity (Wildman–Crippen MR) is 71.3 cm³/mol. The number of pyridine rings is 1. The van der Waals surface area contributed by atoms with Gasteiger partial charge in [-0.1, -0.05) is 0 Å². The number of hydrogen-bond acceptors (Lipinski definition) is 4. The topological polar surface area (TPSA) is 51.2 Å². The van der Waals surface area contributed by atoms with Gasteiger partial charge in [-0.05, 0) is 44.7 Å².